The molecule has 0 aliphatic carbocycles. The first-order chi connectivity index (χ1) is 17.6. The highest BCUT2D eigenvalue weighted by Crippen LogP contribution is 2.15. The Morgan fingerprint density at radius 2 is 1.42 bits per heavy atom. The van der Waals surface area contributed by atoms with E-state index in [1.807, 2.05) is 78.9 Å². The van der Waals surface area contributed by atoms with Gasteiger partial charge in [0.2, 0.25) is 0 Å². The molecule has 0 saturated carbocycles. The fraction of sp³-hybridized carbons (Fsp3) is 0.276. The number of aliphatic hydroxyl groups is 1. The Labute approximate surface area is 212 Å². The van der Waals surface area contributed by atoms with Crippen LogP contribution in [0.3, 0.4) is 0 Å². The van der Waals surface area contributed by atoms with Crippen LogP contribution in [0.4, 0.5) is 0 Å². The van der Waals surface area contributed by atoms with Gasteiger partial charge in [-0.3, -0.25) is 4.79 Å². The van der Waals surface area contributed by atoms with E-state index in [0.29, 0.717) is 6.54 Å². The van der Waals surface area contributed by atoms with Crippen LogP contribution >= 0.6 is 0 Å². The number of ketones is 1. The predicted octanol–water partition coefficient (Wildman–Crippen LogP) is 4.04. The third-order valence-corrected chi connectivity index (χ3v) is 5.45. The maximum Gasteiger partial charge on any atom is 0.188 e. The smallest absolute Gasteiger partial charge is 0.188 e. The summed E-state index contributed by atoms with van der Waals surface area (Å²) < 4.78 is 21.9. The van der Waals surface area contributed by atoms with E-state index >= 15 is 0 Å². The highest BCUT2D eigenvalue weighted by atomic mass is 16.5. The van der Waals surface area contributed by atoms with Gasteiger partial charge in [-0.15, -0.1) is 0 Å². The maximum absolute atomic E-state index is 12.9. The minimum atomic E-state index is -1.15. The van der Waals surface area contributed by atoms with Crippen molar-refractivity contribution in [1.82, 2.24) is 5.32 Å². The van der Waals surface area contributed by atoms with Gasteiger partial charge in [-0.25, -0.2) is 0 Å². The van der Waals surface area contributed by atoms with Crippen molar-refractivity contribution in [2.45, 2.75) is 32.0 Å². The first-order valence-electron chi connectivity index (χ1n) is 11.7. The topological polar surface area (TPSA) is 86.2 Å². The highest BCUT2D eigenvalue weighted by Gasteiger charge is 2.26. The molecule has 3 aromatic carbocycles. The lowest BCUT2D eigenvalue weighted by molar-refractivity contribution is -0.139. The summed E-state index contributed by atoms with van der Waals surface area (Å²) >= 11 is 0. The van der Waals surface area contributed by atoms with Gasteiger partial charge in [-0.05, 0) is 47.0 Å². The summed E-state index contributed by atoms with van der Waals surface area (Å²) in [6, 6.07) is 24.6. The van der Waals surface area contributed by atoms with Gasteiger partial charge in [-0.2, -0.15) is 0 Å². The van der Waals surface area contributed by atoms with Crippen LogP contribution in [-0.2, 0) is 34.0 Å². The number of rotatable bonds is 15. The van der Waals surface area contributed by atoms with E-state index in [1.54, 1.807) is 20.4 Å². The Morgan fingerprint density at radius 1 is 0.833 bits per heavy atom. The second kappa shape index (κ2) is 14.7. The SMILES string of the molecule is COc1ccc(COC[C@@H](O)[C@@H](OCc2ccc(OC)cc2)C(=O)/C=C/NCc2ccccc2)cc1. The molecule has 0 amide bonds. The number of nitrogens with one attached hydrogen (secondary N) is 1. The van der Waals surface area contributed by atoms with Gasteiger partial charge in [0.15, 0.2) is 5.78 Å². The largest absolute Gasteiger partial charge is 0.497 e. The van der Waals surface area contributed by atoms with Crippen molar-refractivity contribution >= 4 is 5.78 Å². The van der Waals surface area contributed by atoms with Gasteiger partial charge in [0.25, 0.3) is 0 Å². The standard InChI is InChI=1S/C29H33NO6/c1-33-25-12-8-23(9-13-25)19-35-21-28(32)29(36-20-24-10-14-26(34-2)15-11-24)27(31)16-17-30-18-22-6-4-3-5-7-22/h3-17,28-30,32H,18-21H2,1-2H3/b17-16+/t28-,29+/m1/s1. The lowest BCUT2D eigenvalue weighted by Crippen LogP contribution is -2.39. The molecule has 0 aromatic heterocycles. The predicted molar refractivity (Wildman–Crippen MR) is 138 cm³/mol. The van der Waals surface area contributed by atoms with Gasteiger partial charge < -0.3 is 29.4 Å². The van der Waals surface area contributed by atoms with Gasteiger partial charge in [0.05, 0.1) is 34.0 Å². The van der Waals surface area contributed by atoms with Gasteiger partial charge in [0.1, 0.15) is 23.7 Å². The Kier molecular flexibility index (Phi) is 11.0. The maximum atomic E-state index is 12.9. The van der Waals surface area contributed by atoms with Crippen LogP contribution < -0.4 is 14.8 Å². The van der Waals surface area contributed by atoms with Crippen molar-refractivity contribution in [1.29, 1.82) is 0 Å². The van der Waals surface area contributed by atoms with E-state index in [-0.39, 0.29) is 25.6 Å². The number of benzene rings is 3. The molecule has 0 fully saturated rings. The van der Waals surface area contributed by atoms with Crippen LogP contribution in [0.2, 0.25) is 0 Å². The summed E-state index contributed by atoms with van der Waals surface area (Å²) in [5, 5.41) is 13.9. The quantitative estimate of drug-likeness (QED) is 0.310. The normalized spacial score (nSPS) is 12.8. The molecule has 2 N–H and O–H groups in total. The van der Waals surface area contributed by atoms with E-state index in [2.05, 4.69) is 5.32 Å². The first kappa shape index (κ1) is 26.9. The molecule has 0 bridgehead atoms. The zero-order valence-electron chi connectivity index (χ0n) is 20.6. The van der Waals surface area contributed by atoms with E-state index in [1.165, 1.54) is 6.08 Å². The van der Waals surface area contributed by atoms with E-state index < -0.39 is 12.2 Å². The molecule has 0 spiro atoms. The Hall–Kier alpha value is -3.65. The summed E-state index contributed by atoms with van der Waals surface area (Å²) in [7, 11) is 3.21. The van der Waals surface area contributed by atoms with Crippen molar-refractivity contribution in [3.05, 3.63) is 108 Å². The fourth-order valence-electron chi connectivity index (χ4n) is 3.41. The average molecular weight is 492 g/mol. The number of hydrogen-bond acceptors (Lipinski definition) is 7. The van der Waals surface area contributed by atoms with Crippen LogP contribution in [0.5, 0.6) is 11.5 Å². The summed E-state index contributed by atoms with van der Waals surface area (Å²) in [5.41, 5.74) is 2.87. The Balaban J connectivity index is 1.57. The molecule has 0 heterocycles. The number of ether oxygens (including phenoxy) is 4. The number of methoxy groups -OCH3 is 2. The molecule has 0 aliphatic heterocycles. The average Bonchev–Trinajstić information content (AvgIpc) is 2.92. The molecular weight excluding hydrogens is 458 g/mol. The van der Waals surface area contributed by atoms with Crippen molar-refractivity contribution in [3.63, 3.8) is 0 Å². The molecule has 3 aromatic rings. The van der Waals surface area contributed by atoms with E-state index in [0.717, 1.165) is 28.2 Å². The number of aliphatic hydroxyl groups excluding tert-OH is 1. The second-order valence-corrected chi connectivity index (χ2v) is 8.11. The Bertz CT molecular complexity index is 1070. The molecule has 3 rings (SSSR count). The summed E-state index contributed by atoms with van der Waals surface area (Å²) in [5.74, 6) is 1.12. The number of carbonyl (C=O) groups is 1. The van der Waals surface area contributed by atoms with Gasteiger partial charge in [0, 0.05) is 12.7 Å². The minimum absolute atomic E-state index is 0.0592. The molecule has 36 heavy (non-hydrogen) atoms. The lowest BCUT2D eigenvalue weighted by atomic mass is 10.1. The van der Waals surface area contributed by atoms with Crippen molar-refractivity contribution < 1.29 is 28.8 Å². The molecular formula is C29H33NO6. The monoisotopic (exact) mass is 491 g/mol. The Morgan fingerprint density at radius 3 is 2.00 bits per heavy atom. The van der Waals surface area contributed by atoms with Gasteiger partial charge >= 0.3 is 0 Å². The highest BCUT2D eigenvalue weighted by molar-refractivity contribution is 5.94. The van der Waals surface area contributed by atoms with Crippen molar-refractivity contribution in [3.8, 4) is 11.5 Å². The van der Waals surface area contributed by atoms with Crippen LogP contribution in [0.15, 0.2) is 91.1 Å². The molecule has 190 valence electrons. The molecule has 7 nitrogen and oxygen atoms in total. The molecule has 0 aliphatic rings. The summed E-state index contributed by atoms with van der Waals surface area (Å²) in [6.07, 6.45) is 0.726. The molecule has 2 atom stereocenters. The zero-order valence-corrected chi connectivity index (χ0v) is 20.6. The second-order valence-electron chi connectivity index (χ2n) is 8.11. The zero-order chi connectivity index (χ0) is 25.6. The van der Waals surface area contributed by atoms with Gasteiger partial charge in [-0.1, -0.05) is 54.6 Å². The number of hydrogen-bond donors (Lipinski definition) is 2. The fourth-order valence-corrected chi connectivity index (χ4v) is 3.41. The van der Waals surface area contributed by atoms with E-state index in [9.17, 15) is 9.90 Å². The molecule has 7 heteroatoms. The third-order valence-electron chi connectivity index (χ3n) is 5.45. The third kappa shape index (κ3) is 8.85. The first-order valence-corrected chi connectivity index (χ1v) is 11.7. The minimum Gasteiger partial charge on any atom is -0.497 e. The molecule has 0 saturated heterocycles. The number of carbonyl (C=O) groups excluding carboxylic acids is 1. The van der Waals surface area contributed by atoms with Crippen LogP contribution in [0.25, 0.3) is 0 Å². The molecule has 0 radical (unpaired) electrons. The summed E-state index contributed by atoms with van der Waals surface area (Å²) in [4.78, 5) is 12.9. The van der Waals surface area contributed by atoms with Crippen LogP contribution in [-0.4, -0.2) is 43.9 Å². The lowest BCUT2D eigenvalue weighted by Gasteiger charge is -2.21. The van der Waals surface area contributed by atoms with Crippen LogP contribution in [0, 0.1) is 0 Å². The van der Waals surface area contributed by atoms with Crippen molar-refractivity contribution in [2.24, 2.45) is 0 Å². The molecule has 0 unspecified atom stereocenters. The summed E-state index contributed by atoms with van der Waals surface area (Å²) in [6.45, 7) is 0.960. The van der Waals surface area contributed by atoms with Crippen molar-refractivity contribution in [2.75, 3.05) is 20.8 Å². The van der Waals surface area contributed by atoms with E-state index in [4.69, 9.17) is 18.9 Å². The van der Waals surface area contributed by atoms with Crippen LogP contribution in [0.1, 0.15) is 16.7 Å².